The van der Waals surface area contributed by atoms with Gasteiger partial charge in [0.25, 0.3) is 0 Å². The number of aromatic nitrogens is 1. The lowest BCUT2D eigenvalue weighted by molar-refractivity contribution is -0.180. The molecule has 0 aliphatic heterocycles. The Hall–Kier alpha value is -3.40. The van der Waals surface area contributed by atoms with E-state index in [2.05, 4.69) is 17.6 Å². The number of hydrogen-bond donors (Lipinski definition) is 3. The van der Waals surface area contributed by atoms with E-state index >= 15 is 0 Å². The molecule has 3 atom stereocenters. The van der Waals surface area contributed by atoms with Gasteiger partial charge in [0, 0.05) is 17.3 Å². The van der Waals surface area contributed by atoms with Crippen LogP contribution in [0.4, 0.5) is 29.3 Å². The van der Waals surface area contributed by atoms with E-state index in [9.17, 15) is 27.9 Å². The number of carboxylic acid groups (broad SMARTS) is 1. The number of rotatable bonds is 5. The Bertz CT molecular complexity index is 1430. The van der Waals surface area contributed by atoms with Crippen molar-refractivity contribution < 1.29 is 27.9 Å². The van der Waals surface area contributed by atoms with Gasteiger partial charge in [-0.1, -0.05) is 19.1 Å². The number of amides is 2. The summed E-state index contributed by atoms with van der Waals surface area (Å²) in [6.45, 7) is 2.10. The summed E-state index contributed by atoms with van der Waals surface area (Å²) < 4.78 is 40.3. The van der Waals surface area contributed by atoms with Crippen molar-refractivity contribution in [2.24, 2.45) is 23.2 Å². The smallest absolute Gasteiger partial charge is 0.323 e. The van der Waals surface area contributed by atoms with Crippen LogP contribution >= 0.6 is 11.3 Å². The van der Waals surface area contributed by atoms with Crippen molar-refractivity contribution in [2.45, 2.75) is 44.4 Å². The van der Waals surface area contributed by atoms with Crippen LogP contribution in [0.5, 0.6) is 0 Å². The van der Waals surface area contributed by atoms with Gasteiger partial charge in [0.1, 0.15) is 0 Å². The van der Waals surface area contributed by atoms with E-state index in [1.807, 2.05) is 18.3 Å². The van der Waals surface area contributed by atoms with E-state index in [-0.39, 0.29) is 11.3 Å². The standard InChI is InChI=1S/C28H26F3N3O3S/c1-14-27(9-15-8-16(10-27)12-28(14,11-15)25(35)36)24-32-13-21(38-24)17-2-4-18(5-3-17)33-26(37)34-20-7-6-19(29)22(30)23(20)31/h2-7,13-16H,8-12H2,1H3,(H,35,36)(H2,33,34,37). The van der Waals surface area contributed by atoms with Crippen LogP contribution < -0.4 is 10.6 Å². The fourth-order valence-corrected chi connectivity index (χ4v) is 8.61. The molecular formula is C28H26F3N3O3S. The van der Waals surface area contributed by atoms with E-state index in [0.29, 0.717) is 17.5 Å². The van der Waals surface area contributed by atoms with Gasteiger partial charge < -0.3 is 15.7 Å². The summed E-state index contributed by atoms with van der Waals surface area (Å²) in [6.07, 6.45) is 6.47. The second-order valence-electron chi connectivity index (χ2n) is 11.0. The molecule has 4 fully saturated rings. The van der Waals surface area contributed by atoms with Crippen LogP contribution in [0.15, 0.2) is 42.6 Å². The third-order valence-corrected chi connectivity index (χ3v) is 10.3. The molecule has 198 valence electrons. The van der Waals surface area contributed by atoms with E-state index in [0.717, 1.165) is 59.7 Å². The van der Waals surface area contributed by atoms with Gasteiger partial charge in [0.05, 0.1) is 21.0 Å². The molecule has 4 aliphatic rings. The normalized spacial score (nSPS) is 29.3. The summed E-state index contributed by atoms with van der Waals surface area (Å²) >= 11 is 1.60. The van der Waals surface area contributed by atoms with E-state index in [1.165, 1.54) is 0 Å². The molecule has 3 unspecified atom stereocenters. The summed E-state index contributed by atoms with van der Waals surface area (Å²) in [5, 5.41) is 15.9. The minimum absolute atomic E-state index is 0.0174. The molecule has 1 heterocycles. The van der Waals surface area contributed by atoms with Gasteiger partial charge >= 0.3 is 12.0 Å². The Labute approximate surface area is 221 Å². The number of thiazole rings is 1. The quantitative estimate of drug-likeness (QED) is 0.302. The number of benzene rings is 2. The minimum atomic E-state index is -1.66. The molecule has 4 saturated carbocycles. The average Bonchev–Trinajstić information content (AvgIpc) is 3.38. The average molecular weight is 542 g/mol. The van der Waals surface area contributed by atoms with Crippen molar-refractivity contribution >= 4 is 34.7 Å². The van der Waals surface area contributed by atoms with E-state index in [1.54, 1.807) is 23.5 Å². The van der Waals surface area contributed by atoms with Crippen molar-refractivity contribution in [3.8, 4) is 10.4 Å². The number of hydrogen-bond acceptors (Lipinski definition) is 4. The number of carboxylic acids is 1. The number of urea groups is 1. The van der Waals surface area contributed by atoms with Crippen molar-refractivity contribution in [3.63, 3.8) is 0 Å². The number of aliphatic carboxylic acids is 1. The van der Waals surface area contributed by atoms with Gasteiger partial charge in [0.2, 0.25) is 0 Å². The van der Waals surface area contributed by atoms with Crippen LogP contribution in [-0.4, -0.2) is 22.1 Å². The highest BCUT2D eigenvalue weighted by Crippen LogP contribution is 2.68. The monoisotopic (exact) mass is 541 g/mol. The number of carbonyl (C=O) groups is 2. The summed E-state index contributed by atoms with van der Waals surface area (Å²) in [4.78, 5) is 30.4. The number of carbonyl (C=O) groups excluding carboxylic acids is 1. The summed E-state index contributed by atoms with van der Waals surface area (Å²) in [5.74, 6) is -4.26. The maximum absolute atomic E-state index is 13.8. The zero-order valence-corrected chi connectivity index (χ0v) is 21.4. The zero-order valence-electron chi connectivity index (χ0n) is 20.6. The molecule has 0 spiro atoms. The molecule has 10 heteroatoms. The number of nitrogens with one attached hydrogen (secondary N) is 2. The van der Waals surface area contributed by atoms with Crippen molar-refractivity contribution in [1.82, 2.24) is 4.98 Å². The fourth-order valence-electron chi connectivity index (χ4n) is 7.39. The molecule has 1 aromatic heterocycles. The molecule has 3 N–H and O–H groups in total. The van der Waals surface area contributed by atoms with Gasteiger partial charge in [-0.15, -0.1) is 11.3 Å². The molecule has 7 rings (SSSR count). The Kier molecular flexibility index (Phi) is 5.79. The summed E-state index contributed by atoms with van der Waals surface area (Å²) in [6, 6.07) is 7.90. The molecule has 4 bridgehead atoms. The van der Waals surface area contributed by atoms with Crippen LogP contribution in [-0.2, 0) is 10.2 Å². The van der Waals surface area contributed by atoms with Crippen LogP contribution in [0.1, 0.15) is 44.0 Å². The molecular weight excluding hydrogens is 515 g/mol. The van der Waals surface area contributed by atoms with Gasteiger partial charge in [-0.2, -0.15) is 0 Å². The van der Waals surface area contributed by atoms with E-state index in [4.69, 9.17) is 4.98 Å². The highest BCUT2D eigenvalue weighted by molar-refractivity contribution is 7.15. The maximum Gasteiger partial charge on any atom is 0.323 e. The Morgan fingerprint density at radius 2 is 1.66 bits per heavy atom. The molecule has 0 saturated heterocycles. The molecule has 4 aliphatic carbocycles. The van der Waals surface area contributed by atoms with Crippen molar-refractivity contribution in [2.75, 3.05) is 10.6 Å². The first-order valence-corrected chi connectivity index (χ1v) is 13.4. The molecule has 2 aromatic carbocycles. The largest absolute Gasteiger partial charge is 0.481 e. The Balaban J connectivity index is 1.18. The lowest BCUT2D eigenvalue weighted by atomic mass is 9.40. The fraction of sp³-hybridized carbons (Fsp3) is 0.393. The van der Waals surface area contributed by atoms with Crippen molar-refractivity contribution in [1.29, 1.82) is 0 Å². The zero-order chi connectivity index (χ0) is 26.8. The lowest BCUT2D eigenvalue weighted by Crippen LogP contribution is -2.62. The van der Waals surface area contributed by atoms with Gasteiger partial charge in [-0.3, -0.25) is 4.79 Å². The van der Waals surface area contributed by atoms with Crippen LogP contribution in [0.2, 0.25) is 0 Å². The molecule has 6 nitrogen and oxygen atoms in total. The minimum Gasteiger partial charge on any atom is -0.481 e. The first-order chi connectivity index (χ1) is 18.1. The number of halogens is 3. The first-order valence-electron chi connectivity index (χ1n) is 12.6. The summed E-state index contributed by atoms with van der Waals surface area (Å²) in [5.41, 5.74) is -0.0143. The topological polar surface area (TPSA) is 91.3 Å². The predicted molar refractivity (Wildman–Crippen MR) is 137 cm³/mol. The molecule has 3 aromatic rings. The predicted octanol–water partition coefficient (Wildman–Crippen LogP) is 7.04. The second kappa shape index (κ2) is 8.83. The highest BCUT2D eigenvalue weighted by atomic mass is 32.1. The van der Waals surface area contributed by atoms with Gasteiger partial charge in [0.15, 0.2) is 17.5 Å². The number of anilines is 2. The Morgan fingerprint density at radius 1 is 0.974 bits per heavy atom. The van der Waals surface area contributed by atoms with Gasteiger partial charge in [-0.05, 0) is 79.7 Å². The first kappa shape index (κ1) is 24.9. The molecule has 38 heavy (non-hydrogen) atoms. The van der Waals surface area contributed by atoms with Crippen LogP contribution in [0.3, 0.4) is 0 Å². The third kappa shape index (κ3) is 3.80. The maximum atomic E-state index is 13.8. The van der Waals surface area contributed by atoms with Crippen molar-refractivity contribution in [3.05, 3.63) is 65.1 Å². The summed E-state index contributed by atoms with van der Waals surface area (Å²) in [7, 11) is 0. The second-order valence-corrected chi connectivity index (χ2v) is 12.1. The Morgan fingerprint density at radius 3 is 2.32 bits per heavy atom. The van der Waals surface area contributed by atoms with Gasteiger partial charge in [-0.25, -0.2) is 22.9 Å². The van der Waals surface area contributed by atoms with E-state index < -0.39 is 40.6 Å². The SMILES string of the molecule is CC1C2(C(=O)O)CC3CC(C2)CC1(c1ncc(-c2ccc(NC(=O)Nc4ccc(F)c(F)c4F)cc2)s1)C3. The molecule has 2 amide bonds. The number of nitrogens with zero attached hydrogens (tertiary/aromatic N) is 1. The lowest BCUT2D eigenvalue weighted by Gasteiger charge is -2.63. The van der Waals surface area contributed by atoms with Crippen LogP contribution in [0, 0.1) is 40.6 Å². The molecule has 0 radical (unpaired) electrons. The third-order valence-electron chi connectivity index (χ3n) is 9.00. The highest BCUT2D eigenvalue weighted by Gasteiger charge is 2.66. The van der Waals surface area contributed by atoms with Crippen LogP contribution in [0.25, 0.3) is 10.4 Å².